The molecule has 32 heavy (non-hydrogen) atoms. The van der Waals surface area contributed by atoms with Gasteiger partial charge < -0.3 is 15.1 Å². The number of nitrogens with zero attached hydrogens (tertiary/aromatic N) is 2. The summed E-state index contributed by atoms with van der Waals surface area (Å²) >= 11 is 0. The number of piperidine rings is 2. The van der Waals surface area contributed by atoms with E-state index < -0.39 is 0 Å². The minimum atomic E-state index is 0.126. The summed E-state index contributed by atoms with van der Waals surface area (Å²) in [5, 5.41) is 3.11. The van der Waals surface area contributed by atoms with Crippen LogP contribution in [-0.4, -0.2) is 53.8 Å². The van der Waals surface area contributed by atoms with Crippen LogP contribution in [0.5, 0.6) is 0 Å². The van der Waals surface area contributed by atoms with Crippen molar-refractivity contribution in [2.45, 2.75) is 78.8 Å². The number of benzene rings is 1. The molecule has 1 atom stereocenters. The molecule has 2 fully saturated rings. The highest BCUT2D eigenvalue weighted by atomic mass is 16.2. The smallest absolute Gasteiger partial charge is 0.223 e. The quantitative estimate of drug-likeness (QED) is 0.679. The zero-order chi connectivity index (χ0) is 23.1. The number of rotatable bonds is 7. The van der Waals surface area contributed by atoms with E-state index in [1.807, 2.05) is 30.3 Å². The molecule has 1 aromatic carbocycles. The molecule has 2 amide bonds. The van der Waals surface area contributed by atoms with E-state index in [4.69, 9.17) is 0 Å². The van der Waals surface area contributed by atoms with Crippen molar-refractivity contribution in [1.82, 2.24) is 15.1 Å². The summed E-state index contributed by atoms with van der Waals surface area (Å²) < 4.78 is 0. The lowest BCUT2D eigenvalue weighted by Crippen LogP contribution is -2.50. The van der Waals surface area contributed by atoms with E-state index in [-0.39, 0.29) is 17.2 Å². The van der Waals surface area contributed by atoms with Crippen molar-refractivity contribution in [2.75, 3.05) is 26.2 Å². The molecule has 0 aromatic heterocycles. The van der Waals surface area contributed by atoms with Crippen LogP contribution in [-0.2, 0) is 16.1 Å². The minimum Gasteiger partial charge on any atom is -0.352 e. The summed E-state index contributed by atoms with van der Waals surface area (Å²) in [5.74, 6) is 1.08. The van der Waals surface area contributed by atoms with Gasteiger partial charge in [-0.15, -0.1) is 0 Å². The molecule has 1 unspecified atom stereocenters. The Balaban J connectivity index is 1.35. The molecule has 2 saturated heterocycles. The molecule has 5 heteroatoms. The summed E-state index contributed by atoms with van der Waals surface area (Å²) in [6.07, 6.45) is 5.75. The Morgan fingerprint density at radius 1 is 1.00 bits per heavy atom. The third-order valence-corrected chi connectivity index (χ3v) is 7.03. The highest BCUT2D eigenvalue weighted by molar-refractivity contribution is 5.78. The molecule has 2 heterocycles. The molecule has 3 rings (SSSR count). The van der Waals surface area contributed by atoms with Gasteiger partial charge in [0, 0.05) is 38.0 Å². The number of nitrogens with one attached hydrogen (secondary N) is 1. The Morgan fingerprint density at radius 2 is 1.62 bits per heavy atom. The van der Waals surface area contributed by atoms with Crippen LogP contribution in [0.15, 0.2) is 30.3 Å². The van der Waals surface area contributed by atoms with Crippen molar-refractivity contribution >= 4 is 11.8 Å². The summed E-state index contributed by atoms with van der Waals surface area (Å²) in [6, 6.07) is 10.7. The molecule has 5 nitrogen and oxygen atoms in total. The Morgan fingerprint density at radius 3 is 2.22 bits per heavy atom. The van der Waals surface area contributed by atoms with Gasteiger partial charge in [0.2, 0.25) is 11.8 Å². The molecular formula is C27H43N3O2. The Bertz CT molecular complexity index is 727. The maximum Gasteiger partial charge on any atom is 0.223 e. The maximum absolute atomic E-state index is 12.7. The first-order valence-electron chi connectivity index (χ1n) is 12.5. The van der Waals surface area contributed by atoms with Crippen LogP contribution in [0.2, 0.25) is 0 Å². The normalized spacial score (nSPS) is 20.2. The van der Waals surface area contributed by atoms with Gasteiger partial charge in [-0.25, -0.2) is 0 Å². The van der Waals surface area contributed by atoms with Crippen molar-refractivity contribution in [3.05, 3.63) is 35.9 Å². The number of amides is 2. The van der Waals surface area contributed by atoms with Gasteiger partial charge in [-0.3, -0.25) is 9.59 Å². The summed E-state index contributed by atoms with van der Waals surface area (Å²) in [5.41, 5.74) is 1.42. The van der Waals surface area contributed by atoms with E-state index in [1.165, 1.54) is 0 Å². The van der Waals surface area contributed by atoms with Crippen LogP contribution in [0.25, 0.3) is 0 Å². The van der Waals surface area contributed by atoms with Crippen LogP contribution in [0.3, 0.4) is 0 Å². The second kappa shape index (κ2) is 11.3. The lowest BCUT2D eigenvalue weighted by molar-refractivity contribution is -0.134. The number of hydrogen-bond donors (Lipinski definition) is 1. The number of carbonyl (C=O) groups is 2. The summed E-state index contributed by atoms with van der Waals surface area (Å²) in [7, 11) is 0. The molecule has 0 bridgehead atoms. The Hall–Kier alpha value is -1.88. The Kier molecular flexibility index (Phi) is 8.75. The van der Waals surface area contributed by atoms with Gasteiger partial charge in [-0.2, -0.15) is 0 Å². The van der Waals surface area contributed by atoms with E-state index in [0.29, 0.717) is 30.8 Å². The first kappa shape index (κ1) is 24.8. The molecule has 0 spiro atoms. The van der Waals surface area contributed by atoms with Crippen molar-refractivity contribution < 1.29 is 9.59 Å². The lowest BCUT2D eigenvalue weighted by Gasteiger charge is -2.41. The molecule has 2 aliphatic rings. The zero-order valence-corrected chi connectivity index (χ0v) is 20.6. The van der Waals surface area contributed by atoms with Crippen molar-refractivity contribution in [2.24, 2.45) is 17.3 Å². The molecule has 0 saturated carbocycles. The standard InChI is InChI=1S/C27H43N3O2/c1-21(19-27(2,3)4)18-25(31)30-16-12-24(13-17-30)29-14-10-23(11-15-29)26(32)28-20-22-8-6-5-7-9-22/h5-9,21,23-24H,10-20H2,1-4H3,(H,28,32). The first-order valence-corrected chi connectivity index (χ1v) is 12.5. The maximum atomic E-state index is 12.7. The topological polar surface area (TPSA) is 52.7 Å². The van der Waals surface area contributed by atoms with Crippen LogP contribution in [0, 0.1) is 17.3 Å². The van der Waals surface area contributed by atoms with Gasteiger partial charge in [0.1, 0.15) is 0 Å². The monoisotopic (exact) mass is 441 g/mol. The fourth-order valence-corrected chi connectivity index (χ4v) is 5.48. The van der Waals surface area contributed by atoms with Gasteiger partial charge in [-0.05, 0) is 62.1 Å². The van der Waals surface area contributed by atoms with Crippen molar-refractivity contribution in [1.29, 1.82) is 0 Å². The third kappa shape index (κ3) is 7.61. The van der Waals surface area contributed by atoms with E-state index in [0.717, 1.165) is 63.8 Å². The largest absolute Gasteiger partial charge is 0.352 e. The molecular weight excluding hydrogens is 398 g/mol. The molecule has 2 aliphatic heterocycles. The summed E-state index contributed by atoms with van der Waals surface area (Å²) in [4.78, 5) is 29.9. The van der Waals surface area contributed by atoms with Crippen LogP contribution >= 0.6 is 0 Å². The minimum absolute atomic E-state index is 0.126. The van der Waals surface area contributed by atoms with Gasteiger partial charge in [0.05, 0.1) is 0 Å². The second-order valence-corrected chi connectivity index (χ2v) is 11.2. The van der Waals surface area contributed by atoms with Crippen molar-refractivity contribution in [3.8, 4) is 0 Å². The number of hydrogen-bond acceptors (Lipinski definition) is 3. The van der Waals surface area contributed by atoms with Crippen LogP contribution < -0.4 is 5.32 Å². The molecule has 1 N–H and O–H groups in total. The average molecular weight is 442 g/mol. The van der Waals surface area contributed by atoms with Crippen molar-refractivity contribution in [3.63, 3.8) is 0 Å². The predicted octanol–water partition coefficient (Wildman–Crippen LogP) is 4.47. The van der Waals surface area contributed by atoms with Gasteiger partial charge in [0.25, 0.3) is 0 Å². The lowest BCUT2D eigenvalue weighted by atomic mass is 9.84. The predicted molar refractivity (Wildman–Crippen MR) is 130 cm³/mol. The van der Waals surface area contributed by atoms with Gasteiger partial charge in [-0.1, -0.05) is 58.0 Å². The van der Waals surface area contributed by atoms with Crippen LogP contribution in [0.4, 0.5) is 0 Å². The summed E-state index contributed by atoms with van der Waals surface area (Å²) in [6.45, 7) is 13.3. The molecule has 0 aliphatic carbocycles. The highest BCUT2D eigenvalue weighted by Crippen LogP contribution is 2.28. The fraction of sp³-hybridized carbons (Fsp3) is 0.704. The van der Waals surface area contributed by atoms with E-state index in [2.05, 4.69) is 42.8 Å². The molecule has 0 radical (unpaired) electrons. The van der Waals surface area contributed by atoms with Gasteiger partial charge >= 0.3 is 0 Å². The fourth-order valence-electron chi connectivity index (χ4n) is 5.48. The Labute approximate surface area is 194 Å². The molecule has 1 aromatic rings. The highest BCUT2D eigenvalue weighted by Gasteiger charge is 2.32. The average Bonchev–Trinajstić information content (AvgIpc) is 2.77. The first-order chi connectivity index (χ1) is 15.2. The number of carbonyl (C=O) groups excluding carboxylic acids is 2. The van der Waals surface area contributed by atoms with E-state index in [9.17, 15) is 9.59 Å². The van der Waals surface area contributed by atoms with Gasteiger partial charge in [0.15, 0.2) is 0 Å². The van der Waals surface area contributed by atoms with E-state index >= 15 is 0 Å². The van der Waals surface area contributed by atoms with E-state index in [1.54, 1.807) is 0 Å². The molecule has 178 valence electrons. The SMILES string of the molecule is CC(CC(=O)N1CCC(N2CCC(C(=O)NCc3ccccc3)CC2)CC1)CC(C)(C)C. The number of likely N-dealkylation sites (tertiary alicyclic amines) is 2. The van der Waals surface area contributed by atoms with Crippen LogP contribution in [0.1, 0.15) is 71.8 Å². The second-order valence-electron chi connectivity index (χ2n) is 11.2. The third-order valence-electron chi connectivity index (χ3n) is 7.03. The zero-order valence-electron chi connectivity index (χ0n) is 20.6.